The van der Waals surface area contributed by atoms with Gasteiger partial charge in [-0.05, 0) is 23.3 Å². The number of nitrogens with zero attached hydrogens (tertiary/aromatic N) is 2. The third-order valence-corrected chi connectivity index (χ3v) is 4.34. The van der Waals surface area contributed by atoms with Crippen LogP contribution in [0.5, 0.6) is 0 Å². The molecule has 0 radical (unpaired) electrons. The summed E-state index contributed by atoms with van der Waals surface area (Å²) in [7, 11) is -4.85. The number of benzene rings is 1. The molecule has 0 aliphatic rings. The first-order valence-corrected chi connectivity index (χ1v) is 9.49. The fourth-order valence-electron chi connectivity index (χ4n) is 2.52. The Morgan fingerprint density at radius 2 is 2.11 bits per heavy atom. The average Bonchev–Trinajstić information content (AvgIpc) is 3.09. The van der Waals surface area contributed by atoms with Gasteiger partial charge < -0.3 is 14.3 Å². The van der Waals surface area contributed by atoms with Crippen molar-refractivity contribution in [1.82, 2.24) is 5.16 Å². The van der Waals surface area contributed by atoms with E-state index in [-0.39, 0.29) is 5.82 Å². The Balaban J connectivity index is 1.79. The van der Waals surface area contributed by atoms with Gasteiger partial charge in [0.25, 0.3) is 13.6 Å². The first kappa shape index (κ1) is 19.0. The smallest absolute Gasteiger partial charge is 0.285 e. The molecule has 2 aromatic heterocycles. The molecule has 0 aliphatic carbocycles. The van der Waals surface area contributed by atoms with Crippen LogP contribution in [0.3, 0.4) is 0 Å². The van der Waals surface area contributed by atoms with Gasteiger partial charge in [0, 0.05) is 12.5 Å². The topological polar surface area (TPSA) is 126 Å². The monoisotopic (exact) mass is 387 g/mol. The summed E-state index contributed by atoms with van der Waals surface area (Å²) in [5.74, 6) is 0.651. The molecular formula is C18H18N3O5P. The summed E-state index contributed by atoms with van der Waals surface area (Å²) in [6.45, 7) is 3.28. The van der Waals surface area contributed by atoms with Gasteiger partial charge in [-0.1, -0.05) is 42.1 Å². The van der Waals surface area contributed by atoms with E-state index in [2.05, 4.69) is 16.3 Å². The number of rotatable bonds is 7. The number of nitrogen functional groups attached to an aromatic ring is 1. The van der Waals surface area contributed by atoms with Crippen LogP contribution in [0, 0.1) is 0 Å². The van der Waals surface area contributed by atoms with Crippen LogP contribution in [-0.2, 0) is 22.2 Å². The highest BCUT2D eigenvalue weighted by Gasteiger charge is 2.18. The fraction of sp³-hybridized carbons (Fsp3) is 0.111. The van der Waals surface area contributed by atoms with E-state index in [9.17, 15) is 9.46 Å². The van der Waals surface area contributed by atoms with Gasteiger partial charge in [0.05, 0.1) is 11.9 Å². The minimum absolute atomic E-state index is 0.212. The van der Waals surface area contributed by atoms with Crippen LogP contribution in [0.4, 0.5) is 5.82 Å². The Hall–Kier alpha value is -2.77. The fourth-order valence-corrected chi connectivity index (χ4v) is 2.79. The SMILES string of the molecule is C=Cc1ccc(Cc2cc(-c3ccc[n+](COP(=O)([O-])O)c3N)on2)cc1. The second-order valence-corrected chi connectivity index (χ2v) is 7.00. The summed E-state index contributed by atoms with van der Waals surface area (Å²) < 4.78 is 21.8. The molecule has 3 N–H and O–H groups in total. The lowest BCUT2D eigenvalue weighted by Crippen LogP contribution is -2.38. The minimum Gasteiger partial charge on any atom is -0.756 e. The van der Waals surface area contributed by atoms with Gasteiger partial charge in [0.1, 0.15) is 5.56 Å². The molecule has 0 bridgehead atoms. The number of anilines is 1. The molecule has 0 aliphatic heterocycles. The van der Waals surface area contributed by atoms with Crippen LogP contribution in [0.2, 0.25) is 0 Å². The third kappa shape index (κ3) is 4.90. The zero-order valence-corrected chi connectivity index (χ0v) is 15.2. The molecule has 140 valence electrons. The van der Waals surface area contributed by atoms with E-state index in [0.717, 1.165) is 16.8 Å². The van der Waals surface area contributed by atoms with E-state index >= 15 is 0 Å². The first-order chi connectivity index (χ1) is 12.9. The molecule has 0 saturated heterocycles. The first-order valence-electron chi connectivity index (χ1n) is 7.99. The van der Waals surface area contributed by atoms with Gasteiger partial charge in [-0.2, -0.15) is 0 Å². The van der Waals surface area contributed by atoms with E-state index < -0.39 is 14.6 Å². The summed E-state index contributed by atoms with van der Waals surface area (Å²) in [5.41, 5.74) is 9.41. The predicted molar refractivity (Wildman–Crippen MR) is 96.8 cm³/mol. The van der Waals surface area contributed by atoms with Gasteiger partial charge in [0.2, 0.25) is 0 Å². The van der Waals surface area contributed by atoms with Crippen molar-refractivity contribution in [2.75, 3.05) is 5.73 Å². The normalized spacial score (nSPS) is 13.3. The summed E-state index contributed by atoms with van der Waals surface area (Å²) >= 11 is 0. The van der Waals surface area contributed by atoms with Crippen LogP contribution in [0.1, 0.15) is 16.8 Å². The second kappa shape index (κ2) is 7.85. The molecule has 3 aromatic rings. The van der Waals surface area contributed by atoms with Gasteiger partial charge in [-0.3, -0.25) is 14.8 Å². The van der Waals surface area contributed by atoms with Crippen molar-refractivity contribution >= 4 is 19.7 Å². The van der Waals surface area contributed by atoms with Crippen molar-refractivity contribution in [2.24, 2.45) is 0 Å². The lowest BCUT2D eigenvalue weighted by Gasteiger charge is -2.14. The maximum atomic E-state index is 10.8. The molecule has 0 amide bonds. The van der Waals surface area contributed by atoms with Crippen LogP contribution >= 0.6 is 7.82 Å². The standard InChI is InChI=1S/C18H18N3O5P/c1-2-13-5-7-14(8-6-13)10-15-11-17(26-20-15)16-4-3-9-21(18(16)19)12-25-27(22,23)24/h2-9,11,19H,1,10,12H2,(H2,22,23,24). The maximum absolute atomic E-state index is 10.8. The number of hydrogen-bond donors (Lipinski definition) is 2. The van der Waals surface area contributed by atoms with Gasteiger partial charge in [-0.25, -0.2) is 4.57 Å². The number of pyridine rings is 1. The molecule has 8 nitrogen and oxygen atoms in total. The van der Waals surface area contributed by atoms with Crippen molar-refractivity contribution < 1.29 is 28.0 Å². The molecule has 0 saturated carbocycles. The maximum Gasteiger partial charge on any atom is 0.285 e. The summed E-state index contributed by atoms with van der Waals surface area (Å²) in [6.07, 6.45) is 3.88. The number of aromatic nitrogens is 2. The molecular weight excluding hydrogens is 369 g/mol. The van der Waals surface area contributed by atoms with Crippen LogP contribution < -0.4 is 15.2 Å². The van der Waals surface area contributed by atoms with Crippen LogP contribution in [-0.4, -0.2) is 10.1 Å². The highest BCUT2D eigenvalue weighted by atomic mass is 31.2. The largest absolute Gasteiger partial charge is 0.756 e. The number of phosphoric acid groups is 1. The molecule has 1 unspecified atom stereocenters. The second-order valence-electron chi connectivity index (χ2n) is 5.81. The average molecular weight is 387 g/mol. The predicted octanol–water partition coefficient (Wildman–Crippen LogP) is 1.88. The van der Waals surface area contributed by atoms with Crippen molar-refractivity contribution in [2.45, 2.75) is 13.2 Å². The Bertz CT molecular complexity index is 994. The number of nitrogens with two attached hydrogens (primary N) is 1. The molecule has 2 heterocycles. The van der Waals surface area contributed by atoms with E-state index in [0.29, 0.717) is 17.7 Å². The quantitative estimate of drug-likeness (QED) is 0.468. The molecule has 9 heteroatoms. The Morgan fingerprint density at radius 1 is 1.37 bits per heavy atom. The molecule has 27 heavy (non-hydrogen) atoms. The van der Waals surface area contributed by atoms with Crippen molar-refractivity contribution in [1.29, 1.82) is 0 Å². The highest BCUT2D eigenvalue weighted by molar-refractivity contribution is 7.44. The van der Waals surface area contributed by atoms with E-state index in [1.165, 1.54) is 10.8 Å². The summed E-state index contributed by atoms with van der Waals surface area (Å²) in [4.78, 5) is 19.5. The van der Waals surface area contributed by atoms with E-state index in [1.54, 1.807) is 24.3 Å². The van der Waals surface area contributed by atoms with Gasteiger partial charge in [-0.15, -0.1) is 0 Å². The van der Waals surface area contributed by atoms with Gasteiger partial charge >= 0.3 is 0 Å². The summed E-state index contributed by atoms with van der Waals surface area (Å²) in [5, 5.41) is 4.06. The van der Waals surface area contributed by atoms with E-state index in [1.807, 2.05) is 24.3 Å². The number of hydrogen-bond acceptors (Lipinski definition) is 6. The Labute approximate surface area is 155 Å². The van der Waals surface area contributed by atoms with Crippen molar-refractivity contribution in [3.63, 3.8) is 0 Å². The van der Waals surface area contributed by atoms with Crippen molar-refractivity contribution in [3.8, 4) is 11.3 Å². The van der Waals surface area contributed by atoms with Crippen LogP contribution in [0.15, 0.2) is 59.8 Å². The molecule has 0 fully saturated rings. The minimum atomic E-state index is -4.85. The highest BCUT2D eigenvalue weighted by Crippen LogP contribution is 2.30. The zero-order chi connectivity index (χ0) is 19.4. The number of phosphoric ester groups is 1. The van der Waals surface area contributed by atoms with Crippen molar-refractivity contribution in [3.05, 3.63) is 72.1 Å². The molecule has 1 aromatic carbocycles. The lowest BCUT2D eigenvalue weighted by molar-refractivity contribution is -0.712. The van der Waals surface area contributed by atoms with Crippen LogP contribution in [0.25, 0.3) is 17.4 Å². The lowest BCUT2D eigenvalue weighted by atomic mass is 10.1. The Morgan fingerprint density at radius 3 is 2.78 bits per heavy atom. The zero-order valence-electron chi connectivity index (χ0n) is 14.3. The third-order valence-electron chi connectivity index (χ3n) is 3.90. The summed E-state index contributed by atoms with van der Waals surface area (Å²) in [6, 6.07) is 13.0. The molecule has 3 rings (SSSR count). The Kier molecular flexibility index (Phi) is 5.53. The molecule has 1 atom stereocenters. The van der Waals surface area contributed by atoms with Gasteiger partial charge in [0.15, 0.2) is 12.5 Å². The van der Waals surface area contributed by atoms with E-state index in [4.69, 9.17) is 15.2 Å². The molecule has 0 spiro atoms.